The van der Waals surface area contributed by atoms with Crippen LogP contribution in [0.25, 0.3) is 0 Å². The molecule has 2 aromatic rings. The second kappa shape index (κ2) is 9.70. The molecule has 1 aromatic heterocycles. The molecule has 1 amide bonds. The van der Waals surface area contributed by atoms with Gasteiger partial charge in [0.1, 0.15) is 0 Å². The molecule has 1 aliphatic heterocycles. The molecule has 2 heterocycles. The number of carbonyl (C=O) groups is 2. The van der Waals surface area contributed by atoms with Gasteiger partial charge in [0.05, 0.1) is 31.6 Å². The van der Waals surface area contributed by atoms with Gasteiger partial charge in [0.25, 0.3) is 5.91 Å². The number of rotatable bonds is 10. The number of methoxy groups -OCH3 is 1. The number of aliphatic hydroxyl groups is 1. The molecule has 8 heteroatoms. The third kappa shape index (κ3) is 4.59. The van der Waals surface area contributed by atoms with Crippen LogP contribution in [0.15, 0.2) is 52.3 Å². The summed E-state index contributed by atoms with van der Waals surface area (Å²) in [4.78, 5) is 29.5. The summed E-state index contributed by atoms with van der Waals surface area (Å²) >= 11 is 0. The smallest absolute Gasteiger partial charge is 0.290 e. The zero-order valence-electron chi connectivity index (χ0n) is 18.3. The largest absolute Gasteiger partial charge is 0.503 e. The highest BCUT2D eigenvalue weighted by molar-refractivity contribution is 6.15. The summed E-state index contributed by atoms with van der Waals surface area (Å²) in [6, 6.07) is 7.59. The molecule has 0 spiro atoms. The predicted molar refractivity (Wildman–Crippen MR) is 114 cm³/mol. The first-order chi connectivity index (χ1) is 14.9. The topological polar surface area (TPSA) is 92.5 Å². The van der Waals surface area contributed by atoms with Crippen LogP contribution in [0.1, 0.15) is 35.5 Å². The minimum absolute atomic E-state index is 0.0111. The predicted octanol–water partition coefficient (Wildman–Crippen LogP) is 3.22. The number of amides is 1. The summed E-state index contributed by atoms with van der Waals surface area (Å²) in [6.07, 6.45) is 2.22. The Hall–Kier alpha value is -3.26. The average molecular weight is 428 g/mol. The molecule has 166 valence electrons. The first kappa shape index (κ1) is 22.4. The lowest BCUT2D eigenvalue weighted by Crippen LogP contribution is -2.36. The van der Waals surface area contributed by atoms with Crippen LogP contribution >= 0.6 is 0 Å². The normalized spacial score (nSPS) is 16.4. The number of hydrogen-bond donors (Lipinski definition) is 1. The van der Waals surface area contributed by atoms with Crippen LogP contribution in [0.3, 0.4) is 0 Å². The van der Waals surface area contributed by atoms with E-state index < -0.39 is 23.5 Å². The van der Waals surface area contributed by atoms with Gasteiger partial charge in [-0.3, -0.25) is 9.59 Å². The number of nitrogens with zero attached hydrogens (tertiary/aromatic N) is 2. The first-order valence-corrected chi connectivity index (χ1v) is 10.2. The Bertz CT molecular complexity index is 964. The van der Waals surface area contributed by atoms with Gasteiger partial charge in [0.15, 0.2) is 23.0 Å². The molecule has 3 rings (SSSR count). The number of carbonyl (C=O) groups excluding carboxylic acids is 2. The molecule has 0 saturated heterocycles. The summed E-state index contributed by atoms with van der Waals surface area (Å²) < 4.78 is 16.4. The zero-order valence-corrected chi connectivity index (χ0v) is 18.3. The van der Waals surface area contributed by atoms with Crippen molar-refractivity contribution in [3.63, 3.8) is 0 Å². The van der Waals surface area contributed by atoms with Crippen molar-refractivity contribution < 1.29 is 28.6 Å². The maximum Gasteiger partial charge on any atom is 0.290 e. The van der Waals surface area contributed by atoms with Crippen molar-refractivity contribution >= 4 is 11.7 Å². The van der Waals surface area contributed by atoms with E-state index in [1.165, 1.54) is 24.3 Å². The second-order valence-corrected chi connectivity index (χ2v) is 7.53. The SMILES string of the molecule is CCCOc1ccc([C@@H]2C(C(=O)c3ccco3)=C(O)C(=O)N2CCN(C)C)cc1OC. The highest BCUT2D eigenvalue weighted by Crippen LogP contribution is 2.41. The summed E-state index contributed by atoms with van der Waals surface area (Å²) in [5.74, 6) is -0.559. The van der Waals surface area contributed by atoms with Gasteiger partial charge < -0.3 is 28.8 Å². The van der Waals surface area contributed by atoms with Crippen LogP contribution in [-0.2, 0) is 4.79 Å². The third-order valence-electron chi connectivity index (χ3n) is 5.05. The third-order valence-corrected chi connectivity index (χ3v) is 5.05. The van der Waals surface area contributed by atoms with Crippen molar-refractivity contribution in [1.82, 2.24) is 9.80 Å². The van der Waals surface area contributed by atoms with Gasteiger partial charge in [-0.15, -0.1) is 0 Å². The molecule has 31 heavy (non-hydrogen) atoms. The van der Waals surface area contributed by atoms with Gasteiger partial charge in [-0.25, -0.2) is 0 Å². The number of ether oxygens (including phenoxy) is 2. The van der Waals surface area contributed by atoms with E-state index in [0.717, 1.165) is 6.42 Å². The number of benzene rings is 1. The molecule has 0 radical (unpaired) electrons. The lowest BCUT2D eigenvalue weighted by Gasteiger charge is -2.28. The van der Waals surface area contributed by atoms with Crippen molar-refractivity contribution in [2.24, 2.45) is 0 Å². The quantitative estimate of drug-likeness (QED) is 0.581. The number of ketones is 1. The summed E-state index contributed by atoms with van der Waals surface area (Å²) in [7, 11) is 5.31. The van der Waals surface area contributed by atoms with E-state index >= 15 is 0 Å². The average Bonchev–Trinajstić information content (AvgIpc) is 3.38. The van der Waals surface area contributed by atoms with Crippen molar-refractivity contribution in [3.05, 3.63) is 59.3 Å². The minimum atomic E-state index is -0.779. The van der Waals surface area contributed by atoms with Gasteiger partial charge in [0, 0.05) is 13.1 Å². The molecule has 1 N–H and O–H groups in total. The fraction of sp³-hybridized carbons (Fsp3) is 0.391. The molecule has 8 nitrogen and oxygen atoms in total. The van der Waals surface area contributed by atoms with Gasteiger partial charge in [-0.1, -0.05) is 13.0 Å². The molecule has 0 fully saturated rings. The zero-order chi connectivity index (χ0) is 22.5. The van der Waals surface area contributed by atoms with Crippen LogP contribution in [0, 0.1) is 0 Å². The Balaban J connectivity index is 2.06. The fourth-order valence-electron chi connectivity index (χ4n) is 3.50. The Kier molecular flexibility index (Phi) is 7.02. The summed E-state index contributed by atoms with van der Waals surface area (Å²) in [5.41, 5.74) is 0.620. The number of likely N-dealkylation sites (N-methyl/N-ethyl adjacent to an activating group) is 1. The standard InChI is InChI=1S/C23H28N2O6/c1-5-12-30-16-9-8-15(14-18(16)29-4)20-19(21(26)17-7-6-13-31-17)22(27)23(28)25(20)11-10-24(2)3/h6-9,13-14,20,27H,5,10-12H2,1-4H3/t20-/m1/s1. The van der Waals surface area contributed by atoms with Crippen molar-refractivity contribution in [3.8, 4) is 11.5 Å². The molecule has 0 unspecified atom stereocenters. The van der Waals surface area contributed by atoms with E-state index in [9.17, 15) is 14.7 Å². The molecular weight excluding hydrogens is 400 g/mol. The van der Waals surface area contributed by atoms with E-state index in [2.05, 4.69) is 0 Å². The molecule has 0 aliphatic carbocycles. The van der Waals surface area contributed by atoms with E-state index in [4.69, 9.17) is 13.9 Å². The van der Waals surface area contributed by atoms with Crippen LogP contribution in [-0.4, -0.2) is 67.5 Å². The fourth-order valence-corrected chi connectivity index (χ4v) is 3.50. The monoisotopic (exact) mass is 428 g/mol. The summed E-state index contributed by atoms with van der Waals surface area (Å²) in [6.45, 7) is 3.43. The molecule has 1 aromatic carbocycles. The Morgan fingerprint density at radius 2 is 2.03 bits per heavy atom. The van der Waals surface area contributed by atoms with Crippen molar-refractivity contribution in [2.75, 3.05) is 40.9 Å². The molecular formula is C23H28N2O6. The first-order valence-electron chi connectivity index (χ1n) is 10.2. The number of furan rings is 1. The highest BCUT2D eigenvalue weighted by Gasteiger charge is 2.44. The maximum absolute atomic E-state index is 13.1. The second-order valence-electron chi connectivity index (χ2n) is 7.53. The number of Topliss-reactive ketones (excluding diaryl/α,β-unsaturated/α-hetero) is 1. The van der Waals surface area contributed by atoms with E-state index in [1.54, 1.807) is 24.3 Å². The lowest BCUT2D eigenvalue weighted by atomic mass is 9.94. The van der Waals surface area contributed by atoms with Crippen molar-refractivity contribution in [2.45, 2.75) is 19.4 Å². The van der Waals surface area contributed by atoms with Crippen LogP contribution in [0.4, 0.5) is 0 Å². The highest BCUT2D eigenvalue weighted by atomic mass is 16.5. The molecule has 1 atom stereocenters. The Morgan fingerprint density at radius 1 is 1.26 bits per heavy atom. The van der Waals surface area contributed by atoms with Crippen LogP contribution in [0.2, 0.25) is 0 Å². The molecule has 0 bridgehead atoms. The van der Waals surface area contributed by atoms with Crippen LogP contribution in [0.5, 0.6) is 11.5 Å². The van der Waals surface area contributed by atoms with E-state index in [-0.39, 0.29) is 11.3 Å². The molecule has 0 saturated carbocycles. The van der Waals surface area contributed by atoms with Gasteiger partial charge in [0.2, 0.25) is 5.78 Å². The summed E-state index contributed by atoms with van der Waals surface area (Å²) in [5, 5.41) is 10.6. The lowest BCUT2D eigenvalue weighted by molar-refractivity contribution is -0.129. The molecule has 1 aliphatic rings. The van der Waals surface area contributed by atoms with Gasteiger partial charge >= 0.3 is 0 Å². The number of hydrogen-bond acceptors (Lipinski definition) is 7. The maximum atomic E-state index is 13.1. The van der Waals surface area contributed by atoms with Crippen LogP contribution < -0.4 is 9.47 Å². The Morgan fingerprint density at radius 3 is 2.65 bits per heavy atom. The van der Waals surface area contributed by atoms with Gasteiger partial charge in [-0.05, 0) is 50.3 Å². The van der Waals surface area contributed by atoms with Crippen molar-refractivity contribution in [1.29, 1.82) is 0 Å². The minimum Gasteiger partial charge on any atom is -0.503 e. The van der Waals surface area contributed by atoms with E-state index in [1.807, 2.05) is 25.9 Å². The number of aliphatic hydroxyl groups excluding tert-OH is 1. The Labute approximate surface area is 181 Å². The van der Waals surface area contributed by atoms with Gasteiger partial charge in [-0.2, -0.15) is 0 Å². The van der Waals surface area contributed by atoms with E-state index in [0.29, 0.717) is 36.8 Å².